The van der Waals surface area contributed by atoms with Gasteiger partial charge in [-0.25, -0.2) is 4.98 Å². The molecule has 0 spiro atoms. The molecule has 0 aliphatic heterocycles. The number of nitrogens with zero attached hydrogens (tertiary/aromatic N) is 4. The fourth-order valence-corrected chi connectivity index (χ4v) is 1.57. The maximum Gasteiger partial charge on any atom is 0.238 e. The molecule has 0 unspecified atom stereocenters. The SMILES string of the molecule is CC(C)n1cc(Oc2nc(Cl)ncc2Br)cn1. The summed E-state index contributed by atoms with van der Waals surface area (Å²) in [5.74, 6) is 0.975. The first-order chi connectivity index (χ1) is 8.06. The van der Waals surface area contributed by atoms with Gasteiger partial charge >= 0.3 is 0 Å². The molecule has 0 saturated heterocycles. The molecule has 0 bridgehead atoms. The lowest BCUT2D eigenvalue weighted by atomic mass is 10.4. The van der Waals surface area contributed by atoms with E-state index < -0.39 is 0 Å². The fourth-order valence-electron chi connectivity index (χ4n) is 1.17. The molecule has 7 heteroatoms. The van der Waals surface area contributed by atoms with E-state index in [1.54, 1.807) is 17.1 Å². The van der Waals surface area contributed by atoms with Crippen molar-refractivity contribution in [2.24, 2.45) is 0 Å². The van der Waals surface area contributed by atoms with Crippen LogP contribution in [-0.4, -0.2) is 19.7 Å². The molecule has 0 saturated carbocycles. The van der Waals surface area contributed by atoms with Crippen LogP contribution in [0.25, 0.3) is 0 Å². The van der Waals surface area contributed by atoms with Gasteiger partial charge in [0.2, 0.25) is 11.2 Å². The molecule has 0 radical (unpaired) electrons. The summed E-state index contributed by atoms with van der Waals surface area (Å²) >= 11 is 8.98. The van der Waals surface area contributed by atoms with Gasteiger partial charge in [-0.15, -0.1) is 0 Å². The standard InChI is InChI=1S/C10H10BrClN4O/c1-6(2)16-5-7(3-14-16)17-9-8(11)4-13-10(12)15-9/h3-6H,1-2H3. The molecule has 0 aliphatic rings. The minimum Gasteiger partial charge on any atom is -0.434 e. The Balaban J connectivity index is 2.22. The second kappa shape index (κ2) is 5.01. The second-order valence-corrected chi connectivity index (χ2v) is 4.84. The zero-order valence-electron chi connectivity index (χ0n) is 9.26. The predicted molar refractivity (Wildman–Crippen MR) is 67.4 cm³/mol. The van der Waals surface area contributed by atoms with Crippen LogP contribution in [0.3, 0.4) is 0 Å². The maximum absolute atomic E-state index is 5.69. The lowest BCUT2D eigenvalue weighted by molar-refractivity contribution is 0.454. The molecular formula is C10H10BrClN4O. The molecule has 2 rings (SSSR count). The van der Waals surface area contributed by atoms with Crippen molar-refractivity contribution in [2.45, 2.75) is 19.9 Å². The predicted octanol–water partition coefficient (Wildman–Crippen LogP) is 3.46. The summed E-state index contributed by atoms with van der Waals surface area (Å²) < 4.78 is 7.99. The van der Waals surface area contributed by atoms with E-state index >= 15 is 0 Å². The average Bonchev–Trinajstić information content (AvgIpc) is 2.72. The smallest absolute Gasteiger partial charge is 0.238 e. The van der Waals surface area contributed by atoms with E-state index in [2.05, 4.69) is 31.0 Å². The summed E-state index contributed by atoms with van der Waals surface area (Å²) in [6, 6.07) is 0.282. The summed E-state index contributed by atoms with van der Waals surface area (Å²) in [7, 11) is 0. The largest absolute Gasteiger partial charge is 0.434 e. The lowest BCUT2D eigenvalue weighted by Crippen LogP contribution is -1.99. The number of ether oxygens (including phenoxy) is 1. The van der Waals surface area contributed by atoms with E-state index in [9.17, 15) is 0 Å². The normalized spacial score (nSPS) is 10.9. The fraction of sp³-hybridized carbons (Fsp3) is 0.300. The summed E-state index contributed by atoms with van der Waals surface area (Å²) in [5, 5.41) is 4.30. The average molecular weight is 318 g/mol. The number of hydrogen-bond acceptors (Lipinski definition) is 4. The van der Waals surface area contributed by atoms with Gasteiger partial charge in [0.05, 0.1) is 16.9 Å². The van der Waals surface area contributed by atoms with E-state index in [4.69, 9.17) is 16.3 Å². The number of hydrogen-bond donors (Lipinski definition) is 0. The first kappa shape index (κ1) is 12.3. The summed E-state index contributed by atoms with van der Waals surface area (Å²) in [4.78, 5) is 7.79. The van der Waals surface area contributed by atoms with E-state index in [-0.39, 0.29) is 11.3 Å². The third-order valence-electron chi connectivity index (χ3n) is 2.00. The van der Waals surface area contributed by atoms with E-state index in [0.29, 0.717) is 16.1 Å². The molecule has 0 fully saturated rings. The van der Waals surface area contributed by atoms with E-state index in [0.717, 1.165) is 0 Å². The van der Waals surface area contributed by atoms with Gasteiger partial charge in [-0.3, -0.25) is 4.68 Å². The zero-order valence-corrected chi connectivity index (χ0v) is 11.6. The molecule has 0 N–H and O–H groups in total. The van der Waals surface area contributed by atoms with Gasteiger partial charge in [0.1, 0.15) is 0 Å². The molecule has 0 aliphatic carbocycles. The van der Waals surface area contributed by atoms with E-state index in [1.165, 1.54) is 6.20 Å². The molecule has 5 nitrogen and oxygen atoms in total. The Morgan fingerprint density at radius 3 is 2.82 bits per heavy atom. The van der Waals surface area contributed by atoms with Crippen LogP contribution in [0.5, 0.6) is 11.6 Å². The first-order valence-corrected chi connectivity index (χ1v) is 6.13. The Labute approximate surface area is 112 Å². The van der Waals surface area contributed by atoms with Crippen molar-refractivity contribution in [3.63, 3.8) is 0 Å². The minimum atomic E-state index is 0.138. The molecule has 2 heterocycles. The van der Waals surface area contributed by atoms with Gasteiger partial charge in [-0.1, -0.05) is 0 Å². The van der Waals surface area contributed by atoms with Gasteiger partial charge in [0.25, 0.3) is 0 Å². The second-order valence-electron chi connectivity index (χ2n) is 3.64. The van der Waals surface area contributed by atoms with Gasteiger partial charge in [-0.05, 0) is 41.4 Å². The molecule has 17 heavy (non-hydrogen) atoms. The van der Waals surface area contributed by atoms with Crippen LogP contribution in [0.4, 0.5) is 0 Å². The summed E-state index contributed by atoms with van der Waals surface area (Å²) in [6.45, 7) is 4.07. The summed E-state index contributed by atoms with van der Waals surface area (Å²) in [6.07, 6.45) is 4.97. The van der Waals surface area contributed by atoms with Gasteiger partial charge in [0.15, 0.2) is 5.75 Å². The lowest BCUT2D eigenvalue weighted by Gasteiger charge is -2.04. The van der Waals surface area contributed by atoms with Crippen LogP contribution < -0.4 is 4.74 Å². The third-order valence-corrected chi connectivity index (χ3v) is 2.73. The van der Waals surface area contributed by atoms with E-state index in [1.807, 2.05) is 13.8 Å². The Bertz CT molecular complexity index is 529. The quantitative estimate of drug-likeness (QED) is 0.814. The van der Waals surface area contributed by atoms with Crippen molar-refractivity contribution < 1.29 is 4.74 Å². The molecule has 2 aromatic rings. The zero-order chi connectivity index (χ0) is 12.4. The van der Waals surface area contributed by atoms with Crippen LogP contribution >= 0.6 is 27.5 Å². The molecular weight excluding hydrogens is 307 g/mol. The van der Waals surface area contributed by atoms with Gasteiger partial charge < -0.3 is 4.74 Å². The first-order valence-electron chi connectivity index (χ1n) is 4.96. The van der Waals surface area contributed by atoms with Gasteiger partial charge in [-0.2, -0.15) is 10.1 Å². The minimum absolute atomic E-state index is 0.138. The number of halogens is 2. The summed E-state index contributed by atoms with van der Waals surface area (Å²) in [5.41, 5.74) is 0. The third kappa shape index (κ3) is 2.95. The number of aromatic nitrogens is 4. The Morgan fingerprint density at radius 2 is 2.18 bits per heavy atom. The number of rotatable bonds is 3. The highest BCUT2D eigenvalue weighted by molar-refractivity contribution is 9.10. The highest BCUT2D eigenvalue weighted by Crippen LogP contribution is 2.27. The topological polar surface area (TPSA) is 52.8 Å². The van der Waals surface area contributed by atoms with Crippen LogP contribution in [0.15, 0.2) is 23.1 Å². The maximum atomic E-state index is 5.69. The molecule has 0 atom stereocenters. The Kier molecular flexibility index (Phi) is 3.63. The molecule has 0 aromatic carbocycles. The molecule has 0 amide bonds. The molecule has 90 valence electrons. The van der Waals surface area contributed by atoms with Crippen molar-refractivity contribution in [2.75, 3.05) is 0 Å². The van der Waals surface area contributed by atoms with Crippen LogP contribution in [-0.2, 0) is 0 Å². The Hall–Kier alpha value is -1.14. The van der Waals surface area contributed by atoms with Crippen LogP contribution in [0.2, 0.25) is 5.28 Å². The van der Waals surface area contributed by atoms with Crippen molar-refractivity contribution in [3.8, 4) is 11.6 Å². The molecule has 2 aromatic heterocycles. The highest BCUT2D eigenvalue weighted by Gasteiger charge is 2.09. The van der Waals surface area contributed by atoms with Crippen LogP contribution in [0.1, 0.15) is 19.9 Å². The van der Waals surface area contributed by atoms with Gasteiger partial charge in [0, 0.05) is 12.2 Å². The Morgan fingerprint density at radius 1 is 1.41 bits per heavy atom. The van der Waals surface area contributed by atoms with Crippen molar-refractivity contribution in [3.05, 3.63) is 28.3 Å². The van der Waals surface area contributed by atoms with Crippen molar-refractivity contribution in [1.29, 1.82) is 0 Å². The van der Waals surface area contributed by atoms with Crippen LogP contribution in [0, 0.1) is 0 Å². The van der Waals surface area contributed by atoms with Crippen molar-refractivity contribution in [1.82, 2.24) is 19.7 Å². The van der Waals surface area contributed by atoms with Crippen molar-refractivity contribution >= 4 is 27.5 Å². The monoisotopic (exact) mass is 316 g/mol. The highest BCUT2D eigenvalue weighted by atomic mass is 79.9.